The molecule has 1 N–H and O–H groups in total. The number of likely N-dealkylation sites (N-methyl/N-ethyl adjacent to an activating group) is 1. The Labute approximate surface area is 161 Å². The first-order valence-corrected chi connectivity index (χ1v) is 10.9. The lowest BCUT2D eigenvalue weighted by Crippen LogP contribution is -2.39. The predicted octanol–water partition coefficient (Wildman–Crippen LogP) is 1.85. The number of nitrogens with one attached hydrogen (secondary N) is 1. The van der Waals surface area contributed by atoms with E-state index in [2.05, 4.69) is 14.2 Å². The number of hydrogen-bond acceptors (Lipinski definition) is 5. The summed E-state index contributed by atoms with van der Waals surface area (Å²) in [6.07, 6.45) is 1.69. The van der Waals surface area contributed by atoms with E-state index < -0.39 is 5.97 Å². The zero-order valence-corrected chi connectivity index (χ0v) is 18.1. The van der Waals surface area contributed by atoms with Gasteiger partial charge in [0.25, 0.3) is 5.56 Å². The molecule has 1 heterocycles. The van der Waals surface area contributed by atoms with Crippen LogP contribution in [0.3, 0.4) is 0 Å². The van der Waals surface area contributed by atoms with Crippen LogP contribution in [-0.2, 0) is 23.4 Å². The van der Waals surface area contributed by atoms with Crippen LogP contribution >= 0.6 is 17.4 Å². The van der Waals surface area contributed by atoms with E-state index in [1.54, 1.807) is 27.1 Å². The molecule has 0 saturated heterocycles. The Morgan fingerprint density at radius 3 is 2.44 bits per heavy atom. The van der Waals surface area contributed by atoms with Gasteiger partial charge in [-0.2, -0.15) is 0 Å². The first kappa shape index (κ1) is 21.1. The monoisotopic (exact) mass is 407 g/mol. The highest BCUT2D eigenvalue weighted by molar-refractivity contribution is 8.00. The second-order valence-corrected chi connectivity index (χ2v) is 7.20. The highest BCUT2D eigenvalue weighted by atomic mass is 32.0. The Balaban J connectivity index is 2.58. The average Bonchev–Trinajstić information content (AvgIpc) is 2.64. The number of rotatable bonds is 5. The Bertz CT molecular complexity index is 1040. The van der Waals surface area contributed by atoms with Crippen LogP contribution in [0, 0.1) is 13.8 Å². The van der Waals surface area contributed by atoms with Crippen molar-refractivity contribution < 1.29 is 9.32 Å². The summed E-state index contributed by atoms with van der Waals surface area (Å²) in [6, 6.07) is 5.53. The van der Waals surface area contributed by atoms with Crippen molar-refractivity contribution in [3.63, 3.8) is 0 Å². The van der Waals surface area contributed by atoms with Crippen molar-refractivity contribution >= 4 is 29.5 Å². The number of aromatic nitrogens is 2. The van der Waals surface area contributed by atoms with Gasteiger partial charge in [0.2, 0.25) is 0 Å². The van der Waals surface area contributed by atoms with Crippen molar-refractivity contribution in [1.29, 1.82) is 0 Å². The lowest BCUT2D eigenvalue weighted by atomic mass is 9.97. The fraction of sp³-hybridized carbons (Fsp3) is 0.278. The van der Waals surface area contributed by atoms with Gasteiger partial charge >= 0.3 is 11.7 Å². The van der Waals surface area contributed by atoms with Crippen molar-refractivity contribution in [3.8, 4) is 11.1 Å². The smallest absolute Gasteiger partial charge is 0.357 e. The minimum atomic E-state index is -0.435. The molecule has 0 aliphatic heterocycles. The van der Waals surface area contributed by atoms with E-state index in [0.717, 1.165) is 21.3 Å². The van der Waals surface area contributed by atoms with Crippen LogP contribution < -0.4 is 16.6 Å². The summed E-state index contributed by atoms with van der Waals surface area (Å²) in [5.74, 6) is -0.435. The maximum atomic E-state index is 12.7. The second-order valence-electron chi connectivity index (χ2n) is 6.06. The molecule has 27 heavy (non-hydrogen) atoms. The number of benzene rings is 1. The molecule has 9 heteroatoms. The van der Waals surface area contributed by atoms with Crippen LogP contribution in [0.4, 0.5) is 0 Å². The molecule has 1 aromatic heterocycles. The lowest BCUT2D eigenvalue weighted by Gasteiger charge is -2.14. The summed E-state index contributed by atoms with van der Waals surface area (Å²) in [5.41, 5.74) is 3.16. The van der Waals surface area contributed by atoms with Gasteiger partial charge in [-0.15, -0.1) is 0 Å². The normalized spacial score (nSPS) is 11.9. The van der Waals surface area contributed by atoms with Gasteiger partial charge < -0.3 is 14.4 Å². The minimum Gasteiger partial charge on any atom is -0.440 e. The molecule has 0 radical (unpaired) electrons. The Kier molecular flexibility index (Phi) is 6.74. The molecule has 7 nitrogen and oxygen atoms in total. The summed E-state index contributed by atoms with van der Waals surface area (Å²) >= 11 is 0. The molecule has 0 spiro atoms. The quantitative estimate of drug-likeness (QED) is 0.604. The van der Waals surface area contributed by atoms with E-state index in [4.69, 9.17) is 4.52 Å². The fourth-order valence-corrected chi connectivity index (χ4v) is 3.36. The molecule has 0 aliphatic carbocycles. The third kappa shape index (κ3) is 4.20. The molecule has 0 aliphatic rings. The second kappa shape index (κ2) is 8.64. The number of aryl methyl sites for hydroxylation is 1. The van der Waals surface area contributed by atoms with Crippen LogP contribution in [-0.4, -0.2) is 22.2 Å². The zero-order chi connectivity index (χ0) is 20.3. The number of carbonyl (C=O) groups is 1. The molecule has 0 bridgehead atoms. The van der Waals surface area contributed by atoms with E-state index in [9.17, 15) is 14.4 Å². The maximum absolute atomic E-state index is 12.7. The molecular formula is C18H23N3O4P2. The topological polar surface area (TPSA) is 82.3 Å². The summed E-state index contributed by atoms with van der Waals surface area (Å²) in [6.45, 7) is 3.64. The largest absolute Gasteiger partial charge is 0.440 e. The summed E-state index contributed by atoms with van der Waals surface area (Å²) in [5, 5.41) is 2.83. The van der Waals surface area contributed by atoms with E-state index in [-0.39, 0.29) is 19.7 Å². The summed E-state index contributed by atoms with van der Waals surface area (Å²) < 4.78 is 7.57. The third-order valence-electron chi connectivity index (χ3n) is 4.43. The van der Waals surface area contributed by atoms with E-state index in [0.29, 0.717) is 17.0 Å². The van der Waals surface area contributed by atoms with Crippen LogP contribution in [0.1, 0.15) is 16.8 Å². The molecule has 1 aromatic carbocycles. The number of carbonyl (C=O) groups excluding carboxylic acids is 1. The Hall–Kier alpha value is -2.23. The molecule has 2 rings (SSSR count). The highest BCUT2D eigenvalue weighted by Gasteiger charge is 2.16. The van der Waals surface area contributed by atoms with Crippen LogP contribution in [0.2, 0.25) is 0 Å². The van der Waals surface area contributed by atoms with Gasteiger partial charge in [0.05, 0.1) is 14.1 Å². The Morgan fingerprint density at radius 2 is 1.89 bits per heavy atom. The number of hydrogen-bond donors (Lipinski definition) is 1. The molecule has 2 aromatic rings. The van der Waals surface area contributed by atoms with Gasteiger partial charge in [-0.05, 0) is 36.6 Å². The fourth-order valence-electron chi connectivity index (χ4n) is 2.82. The first-order chi connectivity index (χ1) is 12.7. The van der Waals surface area contributed by atoms with Gasteiger partial charge in [0, 0.05) is 26.8 Å². The van der Waals surface area contributed by atoms with Crippen molar-refractivity contribution in [2.75, 3.05) is 7.05 Å². The first-order valence-electron chi connectivity index (χ1n) is 8.16. The van der Waals surface area contributed by atoms with Crippen LogP contribution in [0.15, 0.2) is 33.5 Å². The lowest BCUT2D eigenvalue weighted by molar-refractivity contribution is -0.129. The standard InChI is InChI=1S/C18H23N3O4P2/c1-10-8-12(9-14(19-3)17(23)25-27-26)6-7-13(10)15-11(2)20(4)18(24)21(5)16(15)22/h6-9,19,27H,26H2,1-5H3/b14-9-. The molecular weight excluding hydrogens is 384 g/mol. The predicted molar refractivity (Wildman–Crippen MR) is 113 cm³/mol. The Morgan fingerprint density at radius 1 is 1.22 bits per heavy atom. The maximum Gasteiger partial charge on any atom is 0.357 e. The average molecular weight is 407 g/mol. The van der Waals surface area contributed by atoms with Crippen LogP contribution in [0.5, 0.6) is 0 Å². The van der Waals surface area contributed by atoms with Gasteiger partial charge in [-0.3, -0.25) is 9.36 Å². The van der Waals surface area contributed by atoms with Crippen molar-refractivity contribution in [1.82, 2.24) is 14.5 Å². The van der Waals surface area contributed by atoms with Gasteiger partial charge in [-0.1, -0.05) is 27.1 Å². The molecule has 0 amide bonds. The van der Waals surface area contributed by atoms with E-state index >= 15 is 0 Å². The van der Waals surface area contributed by atoms with Gasteiger partial charge in [-0.25, -0.2) is 9.59 Å². The minimum absolute atomic E-state index is 0.0139. The van der Waals surface area contributed by atoms with Crippen molar-refractivity contribution in [3.05, 3.63) is 61.6 Å². The van der Waals surface area contributed by atoms with Crippen molar-refractivity contribution in [2.24, 2.45) is 14.1 Å². The van der Waals surface area contributed by atoms with Gasteiger partial charge in [0.1, 0.15) is 5.70 Å². The SMILES string of the molecule is CN/C(=C\c1ccc(-c2c(C)n(C)c(=O)n(C)c2=O)c(C)c1)C(=O)OPP. The van der Waals surface area contributed by atoms with E-state index in [1.165, 1.54) is 11.6 Å². The summed E-state index contributed by atoms with van der Waals surface area (Å²) in [7, 11) is 7.11. The number of nitrogens with zero attached hydrogens (tertiary/aromatic N) is 2. The molecule has 2 unspecified atom stereocenters. The highest BCUT2D eigenvalue weighted by Crippen LogP contribution is 2.26. The van der Waals surface area contributed by atoms with Crippen molar-refractivity contribution in [2.45, 2.75) is 13.8 Å². The zero-order valence-electron chi connectivity index (χ0n) is 15.9. The molecule has 2 atom stereocenters. The van der Waals surface area contributed by atoms with Crippen LogP contribution in [0.25, 0.3) is 17.2 Å². The molecule has 0 saturated carbocycles. The summed E-state index contributed by atoms with van der Waals surface area (Å²) in [4.78, 5) is 36.6. The molecule has 144 valence electrons. The van der Waals surface area contributed by atoms with E-state index in [1.807, 2.05) is 25.1 Å². The van der Waals surface area contributed by atoms with Gasteiger partial charge in [0.15, 0.2) is 0 Å². The third-order valence-corrected chi connectivity index (χ3v) is 5.09. The molecule has 0 fully saturated rings.